The van der Waals surface area contributed by atoms with Gasteiger partial charge in [-0.3, -0.25) is 4.98 Å². The lowest BCUT2D eigenvalue weighted by atomic mass is 9.95. The fourth-order valence-electron chi connectivity index (χ4n) is 3.58. The van der Waals surface area contributed by atoms with E-state index in [4.69, 9.17) is 14.7 Å². The molecule has 9 heteroatoms. The number of hydrogen-bond donors (Lipinski definition) is 2. The van der Waals surface area contributed by atoms with E-state index in [9.17, 15) is 9.90 Å². The first kappa shape index (κ1) is 21.4. The molecular formula is C23H21N5O4. The molecule has 2 N–H and O–H groups in total. The first-order valence-corrected chi connectivity index (χ1v) is 9.95. The number of ether oxygens (including phenoxy) is 2. The fourth-order valence-corrected chi connectivity index (χ4v) is 3.58. The maximum Gasteiger partial charge on any atom is 0.338 e. The summed E-state index contributed by atoms with van der Waals surface area (Å²) in [5.41, 5.74) is 4.73. The highest BCUT2D eigenvalue weighted by atomic mass is 16.5. The molecule has 0 saturated heterocycles. The van der Waals surface area contributed by atoms with Crippen LogP contribution in [0.2, 0.25) is 0 Å². The van der Waals surface area contributed by atoms with Gasteiger partial charge >= 0.3 is 5.97 Å². The fraction of sp³-hybridized carbons (Fsp3) is 0.261. The Balaban J connectivity index is 1.37. The summed E-state index contributed by atoms with van der Waals surface area (Å²) in [7, 11) is 1.49. The smallest absolute Gasteiger partial charge is 0.338 e. The highest BCUT2D eigenvalue weighted by molar-refractivity contribution is 5.93. The van der Waals surface area contributed by atoms with E-state index in [-0.39, 0.29) is 12.6 Å². The molecule has 0 bridgehead atoms. The molecule has 2 aromatic heterocycles. The first-order valence-electron chi connectivity index (χ1n) is 9.95. The zero-order chi connectivity index (χ0) is 22.7. The third-order valence-corrected chi connectivity index (χ3v) is 5.37. The lowest BCUT2D eigenvalue weighted by Gasteiger charge is -2.16. The molecule has 0 aliphatic carbocycles. The van der Waals surface area contributed by atoms with Crippen molar-refractivity contribution < 1.29 is 19.4 Å². The van der Waals surface area contributed by atoms with E-state index >= 15 is 0 Å². The number of rotatable bonds is 7. The summed E-state index contributed by atoms with van der Waals surface area (Å²) >= 11 is 0. The van der Waals surface area contributed by atoms with Crippen LogP contribution in [0.4, 0.5) is 0 Å². The number of nitriles is 1. The predicted octanol–water partition coefficient (Wildman–Crippen LogP) is 2.22. The molecule has 4 rings (SSSR count). The van der Waals surface area contributed by atoms with E-state index < -0.39 is 6.10 Å². The van der Waals surface area contributed by atoms with E-state index in [1.54, 1.807) is 30.6 Å². The lowest BCUT2D eigenvalue weighted by molar-refractivity contribution is 0.0535. The van der Waals surface area contributed by atoms with Gasteiger partial charge < -0.3 is 19.9 Å². The average Bonchev–Trinajstić information content (AvgIpc) is 3.20. The molecule has 1 aromatic carbocycles. The Hall–Kier alpha value is -3.87. The summed E-state index contributed by atoms with van der Waals surface area (Å²) in [5.74, 6) is 0.515. The summed E-state index contributed by atoms with van der Waals surface area (Å²) in [6.07, 6.45) is 4.05. The average molecular weight is 431 g/mol. The van der Waals surface area contributed by atoms with Crippen molar-refractivity contribution >= 4 is 5.97 Å². The number of aromatic nitrogens is 3. The number of aliphatic hydroxyl groups excluding tert-OH is 1. The third kappa shape index (κ3) is 4.14. The van der Waals surface area contributed by atoms with Crippen molar-refractivity contribution in [2.24, 2.45) is 0 Å². The Kier molecular flexibility index (Phi) is 6.07. The van der Waals surface area contributed by atoms with Gasteiger partial charge in [-0.25, -0.2) is 14.8 Å². The predicted molar refractivity (Wildman–Crippen MR) is 113 cm³/mol. The summed E-state index contributed by atoms with van der Waals surface area (Å²) in [5, 5.41) is 22.9. The quantitative estimate of drug-likeness (QED) is 0.541. The van der Waals surface area contributed by atoms with Crippen LogP contribution in [0.1, 0.15) is 44.3 Å². The van der Waals surface area contributed by atoms with Gasteiger partial charge in [-0.15, -0.1) is 0 Å². The number of nitrogens with zero attached hydrogens (tertiary/aromatic N) is 4. The molecule has 0 amide bonds. The van der Waals surface area contributed by atoms with Gasteiger partial charge in [-0.05, 0) is 24.1 Å². The van der Waals surface area contributed by atoms with E-state index in [0.29, 0.717) is 41.5 Å². The van der Waals surface area contributed by atoms with E-state index in [1.165, 1.54) is 13.3 Å². The number of nitrogens with one attached hydrogen (secondary N) is 1. The SMILES string of the molecule is COc1cc(-c2ncc(CNC[C@H](O)c3ccc4c(c3C)COC4=O)cn2)ncc1C#N. The van der Waals surface area contributed by atoms with E-state index in [2.05, 4.69) is 20.3 Å². The monoisotopic (exact) mass is 431 g/mol. The Morgan fingerprint density at radius 1 is 1.28 bits per heavy atom. The minimum atomic E-state index is -0.730. The van der Waals surface area contributed by atoms with Crippen LogP contribution in [0.3, 0.4) is 0 Å². The minimum absolute atomic E-state index is 0.248. The van der Waals surface area contributed by atoms with Crippen LogP contribution >= 0.6 is 0 Å². The van der Waals surface area contributed by atoms with Gasteiger partial charge in [0, 0.05) is 48.9 Å². The van der Waals surface area contributed by atoms with Crippen LogP contribution in [-0.2, 0) is 17.9 Å². The maximum atomic E-state index is 11.7. The number of fused-ring (bicyclic) bond motifs is 1. The van der Waals surface area contributed by atoms with Gasteiger partial charge in [-0.2, -0.15) is 5.26 Å². The summed E-state index contributed by atoms with van der Waals surface area (Å²) in [6, 6.07) is 7.11. The molecule has 1 atom stereocenters. The number of carbonyl (C=O) groups is 1. The van der Waals surface area contributed by atoms with Gasteiger partial charge in [0.2, 0.25) is 0 Å². The molecule has 9 nitrogen and oxygen atoms in total. The molecule has 0 spiro atoms. The number of hydrogen-bond acceptors (Lipinski definition) is 9. The number of pyridine rings is 1. The second kappa shape index (κ2) is 9.09. The topological polar surface area (TPSA) is 130 Å². The Morgan fingerprint density at radius 3 is 2.78 bits per heavy atom. The number of methoxy groups -OCH3 is 1. The molecule has 0 radical (unpaired) electrons. The highest BCUT2D eigenvalue weighted by Gasteiger charge is 2.25. The van der Waals surface area contributed by atoms with Crippen molar-refractivity contribution in [3.63, 3.8) is 0 Å². The molecule has 1 aliphatic rings. The van der Waals surface area contributed by atoms with Gasteiger partial charge in [-0.1, -0.05) is 6.07 Å². The molecule has 162 valence electrons. The van der Waals surface area contributed by atoms with E-state index in [1.807, 2.05) is 13.0 Å². The molecule has 0 saturated carbocycles. The number of benzene rings is 1. The zero-order valence-corrected chi connectivity index (χ0v) is 17.6. The van der Waals surface area contributed by atoms with Crippen LogP contribution in [0.25, 0.3) is 11.5 Å². The van der Waals surface area contributed by atoms with Crippen molar-refractivity contribution in [2.75, 3.05) is 13.7 Å². The third-order valence-electron chi connectivity index (χ3n) is 5.37. The highest BCUT2D eigenvalue weighted by Crippen LogP contribution is 2.29. The molecule has 0 unspecified atom stereocenters. The Morgan fingerprint density at radius 2 is 2.06 bits per heavy atom. The summed E-state index contributed by atoms with van der Waals surface area (Å²) in [4.78, 5) is 24.6. The number of cyclic esters (lactones) is 1. The maximum absolute atomic E-state index is 11.7. The minimum Gasteiger partial charge on any atom is -0.495 e. The van der Waals surface area contributed by atoms with Gasteiger partial charge in [0.25, 0.3) is 0 Å². The zero-order valence-electron chi connectivity index (χ0n) is 17.6. The van der Waals surface area contributed by atoms with Crippen LogP contribution < -0.4 is 10.1 Å². The normalized spacial score (nSPS) is 13.2. The standard InChI is InChI=1S/C23H21N5O4/c1-13-16(3-4-17-18(13)12-32-23(17)30)20(29)11-25-7-14-8-27-22(28-9-14)19-5-21(31-2)15(6-24)10-26-19/h3-5,8-10,20,25,29H,7,11-12H2,1-2H3/t20-/m0/s1. The second-order valence-corrected chi connectivity index (χ2v) is 7.33. The largest absolute Gasteiger partial charge is 0.495 e. The van der Waals surface area contributed by atoms with Crippen LogP contribution in [0.15, 0.2) is 36.8 Å². The lowest BCUT2D eigenvalue weighted by Crippen LogP contribution is -2.22. The van der Waals surface area contributed by atoms with Crippen molar-refractivity contribution in [2.45, 2.75) is 26.2 Å². The molecular weight excluding hydrogens is 410 g/mol. The van der Waals surface area contributed by atoms with Crippen LogP contribution in [-0.4, -0.2) is 39.7 Å². The number of carbonyl (C=O) groups excluding carboxylic acids is 1. The number of esters is 1. The van der Waals surface area contributed by atoms with Gasteiger partial charge in [0.05, 0.1) is 18.8 Å². The second-order valence-electron chi connectivity index (χ2n) is 7.33. The van der Waals surface area contributed by atoms with E-state index in [0.717, 1.165) is 22.3 Å². The summed E-state index contributed by atoms with van der Waals surface area (Å²) in [6.45, 7) is 2.92. The molecule has 3 heterocycles. The molecule has 32 heavy (non-hydrogen) atoms. The first-order chi connectivity index (χ1) is 15.5. The molecule has 0 fully saturated rings. The Labute approximate surface area is 184 Å². The Bertz CT molecular complexity index is 1200. The summed E-state index contributed by atoms with van der Waals surface area (Å²) < 4.78 is 10.3. The molecule has 1 aliphatic heterocycles. The van der Waals surface area contributed by atoms with Gasteiger partial charge in [0.1, 0.15) is 29.7 Å². The van der Waals surface area contributed by atoms with Crippen molar-refractivity contribution in [1.82, 2.24) is 20.3 Å². The number of aliphatic hydroxyl groups is 1. The van der Waals surface area contributed by atoms with Crippen molar-refractivity contribution in [1.29, 1.82) is 5.26 Å². The van der Waals surface area contributed by atoms with Crippen LogP contribution in [0.5, 0.6) is 5.75 Å². The van der Waals surface area contributed by atoms with Crippen molar-refractivity contribution in [3.8, 4) is 23.3 Å². The molecule has 3 aromatic rings. The van der Waals surface area contributed by atoms with Gasteiger partial charge in [0.15, 0.2) is 5.82 Å². The van der Waals surface area contributed by atoms with Crippen LogP contribution in [0, 0.1) is 18.3 Å². The van der Waals surface area contributed by atoms with Crippen molar-refractivity contribution in [3.05, 3.63) is 70.2 Å².